The zero-order chi connectivity index (χ0) is 23.8. The number of rotatable bonds is 10. The van der Waals surface area contributed by atoms with Crippen LogP contribution in [0.25, 0.3) is 22.7 Å². The van der Waals surface area contributed by atoms with E-state index in [1.807, 2.05) is 19.9 Å². The third kappa shape index (κ3) is 6.06. The molecule has 0 aliphatic heterocycles. The van der Waals surface area contributed by atoms with Gasteiger partial charge in [0.2, 0.25) is 11.7 Å². The molecule has 2 amide bonds. The van der Waals surface area contributed by atoms with Crippen molar-refractivity contribution >= 4 is 17.8 Å². The first-order valence-electron chi connectivity index (χ1n) is 10.8. The van der Waals surface area contributed by atoms with Gasteiger partial charge < -0.3 is 19.8 Å². The molecule has 10 heteroatoms. The van der Waals surface area contributed by atoms with Gasteiger partial charge in [0.1, 0.15) is 12.2 Å². The lowest BCUT2D eigenvalue weighted by Crippen LogP contribution is -2.33. The minimum absolute atomic E-state index is 0.0812. The number of carbonyl (C=O) groups is 3. The molecule has 0 radical (unpaired) electrons. The molecule has 2 aromatic heterocycles. The molecule has 2 heterocycles. The number of amides is 2. The number of hydrogen-bond acceptors (Lipinski definition) is 7. The van der Waals surface area contributed by atoms with Crippen molar-refractivity contribution < 1.29 is 23.5 Å². The zero-order valence-corrected chi connectivity index (χ0v) is 18.8. The minimum atomic E-state index is -0.516. The summed E-state index contributed by atoms with van der Waals surface area (Å²) in [6.07, 6.45) is 3.07. The Labute approximate surface area is 191 Å². The fourth-order valence-corrected chi connectivity index (χ4v) is 3.12. The van der Waals surface area contributed by atoms with E-state index in [0.29, 0.717) is 17.1 Å². The second kappa shape index (κ2) is 11.1. The van der Waals surface area contributed by atoms with Crippen LogP contribution in [0.5, 0.6) is 0 Å². The van der Waals surface area contributed by atoms with Crippen LogP contribution in [0.1, 0.15) is 54.7 Å². The first kappa shape index (κ1) is 23.7. The summed E-state index contributed by atoms with van der Waals surface area (Å²) in [6.45, 7) is 5.73. The maximum absolute atomic E-state index is 12.4. The zero-order valence-electron chi connectivity index (χ0n) is 18.8. The first-order valence-corrected chi connectivity index (χ1v) is 10.8. The van der Waals surface area contributed by atoms with Gasteiger partial charge in [-0.2, -0.15) is 5.10 Å². The van der Waals surface area contributed by atoms with Crippen molar-refractivity contribution in [1.29, 1.82) is 0 Å². The van der Waals surface area contributed by atoms with Gasteiger partial charge in [-0.25, -0.2) is 4.98 Å². The minimum Gasteiger partial charge on any atom is -0.465 e. The molecule has 3 N–H and O–H groups in total. The molecule has 174 valence electrons. The van der Waals surface area contributed by atoms with E-state index < -0.39 is 11.9 Å². The van der Waals surface area contributed by atoms with E-state index in [1.54, 1.807) is 31.2 Å². The van der Waals surface area contributed by atoms with E-state index in [0.717, 1.165) is 18.4 Å². The van der Waals surface area contributed by atoms with Gasteiger partial charge in [0.15, 0.2) is 0 Å². The molecule has 0 aliphatic carbocycles. The Kier molecular flexibility index (Phi) is 7.96. The molecule has 33 heavy (non-hydrogen) atoms. The highest BCUT2D eigenvalue weighted by Gasteiger charge is 2.17. The molecule has 3 rings (SSSR count). The number of oxazole rings is 1. The summed E-state index contributed by atoms with van der Waals surface area (Å²) in [6, 6.07) is 8.88. The Balaban J connectivity index is 1.71. The maximum atomic E-state index is 12.4. The van der Waals surface area contributed by atoms with Crippen LogP contribution in [0.3, 0.4) is 0 Å². The number of esters is 1. The van der Waals surface area contributed by atoms with Gasteiger partial charge in [0.25, 0.3) is 11.8 Å². The Bertz CT molecular complexity index is 1120. The standard InChI is InChI=1S/C23H27N5O5/c1-4-16(5-2)26-22(31)19-12-25-23(33-19)15-9-7-8-14(10-15)17-11-18(28-27-17)21(30)24-13-20(29)32-6-3/h7-12,16H,4-6,13H2,1-3H3,(H,24,30)(H,26,31)(H,27,28). The molecule has 0 unspecified atom stereocenters. The van der Waals surface area contributed by atoms with Crippen molar-refractivity contribution in [1.82, 2.24) is 25.8 Å². The summed E-state index contributed by atoms with van der Waals surface area (Å²) >= 11 is 0. The number of nitrogens with one attached hydrogen (secondary N) is 3. The van der Waals surface area contributed by atoms with Crippen LogP contribution < -0.4 is 10.6 Å². The van der Waals surface area contributed by atoms with Gasteiger partial charge in [-0.1, -0.05) is 26.0 Å². The Morgan fingerprint density at radius 1 is 1.09 bits per heavy atom. The fourth-order valence-electron chi connectivity index (χ4n) is 3.12. The lowest BCUT2D eigenvalue weighted by Gasteiger charge is -2.12. The normalized spacial score (nSPS) is 10.8. The first-order chi connectivity index (χ1) is 15.9. The largest absolute Gasteiger partial charge is 0.465 e. The van der Waals surface area contributed by atoms with E-state index in [4.69, 9.17) is 9.15 Å². The molecule has 0 spiro atoms. The molecule has 3 aromatic rings. The Morgan fingerprint density at radius 2 is 1.85 bits per heavy atom. The van der Waals surface area contributed by atoms with E-state index in [9.17, 15) is 14.4 Å². The summed E-state index contributed by atoms with van der Waals surface area (Å²) < 4.78 is 10.5. The molecule has 0 atom stereocenters. The van der Waals surface area contributed by atoms with Gasteiger partial charge in [-0.15, -0.1) is 0 Å². The third-order valence-electron chi connectivity index (χ3n) is 4.98. The van der Waals surface area contributed by atoms with Crippen LogP contribution in [-0.2, 0) is 9.53 Å². The number of benzene rings is 1. The van der Waals surface area contributed by atoms with Crippen LogP contribution in [0.2, 0.25) is 0 Å². The van der Waals surface area contributed by atoms with E-state index in [1.165, 1.54) is 6.20 Å². The monoisotopic (exact) mass is 453 g/mol. The van der Waals surface area contributed by atoms with Crippen molar-refractivity contribution in [3.8, 4) is 22.7 Å². The van der Waals surface area contributed by atoms with Crippen LogP contribution in [0.4, 0.5) is 0 Å². The molecule has 0 saturated carbocycles. The number of H-pyrrole nitrogens is 1. The highest BCUT2D eigenvalue weighted by molar-refractivity contribution is 5.95. The number of ether oxygens (including phenoxy) is 1. The second-order valence-electron chi connectivity index (χ2n) is 7.25. The molecule has 1 aromatic carbocycles. The number of aromatic amines is 1. The summed E-state index contributed by atoms with van der Waals surface area (Å²) in [5.74, 6) is -0.850. The number of hydrogen-bond donors (Lipinski definition) is 3. The second-order valence-corrected chi connectivity index (χ2v) is 7.25. The predicted molar refractivity (Wildman–Crippen MR) is 120 cm³/mol. The summed E-state index contributed by atoms with van der Waals surface area (Å²) in [5, 5.41) is 12.2. The third-order valence-corrected chi connectivity index (χ3v) is 4.98. The van der Waals surface area contributed by atoms with E-state index in [2.05, 4.69) is 25.8 Å². The molecule has 0 fully saturated rings. The lowest BCUT2D eigenvalue weighted by molar-refractivity contribution is -0.141. The number of carbonyl (C=O) groups excluding carboxylic acids is 3. The van der Waals surface area contributed by atoms with Crippen LogP contribution in [0, 0.1) is 0 Å². The smallest absolute Gasteiger partial charge is 0.325 e. The highest BCUT2D eigenvalue weighted by Crippen LogP contribution is 2.25. The van der Waals surface area contributed by atoms with Crippen LogP contribution >= 0.6 is 0 Å². The van der Waals surface area contributed by atoms with Crippen molar-refractivity contribution in [2.24, 2.45) is 0 Å². The fraction of sp³-hybridized carbons (Fsp3) is 0.348. The van der Waals surface area contributed by atoms with Crippen molar-refractivity contribution in [2.75, 3.05) is 13.2 Å². The van der Waals surface area contributed by atoms with Gasteiger partial charge in [-0.3, -0.25) is 19.5 Å². The van der Waals surface area contributed by atoms with Gasteiger partial charge in [0.05, 0.1) is 18.5 Å². The number of aromatic nitrogens is 3. The molecule has 10 nitrogen and oxygen atoms in total. The average molecular weight is 453 g/mol. The lowest BCUT2D eigenvalue weighted by atomic mass is 10.1. The van der Waals surface area contributed by atoms with Crippen LogP contribution in [0.15, 0.2) is 40.9 Å². The summed E-state index contributed by atoms with van der Waals surface area (Å²) in [7, 11) is 0. The maximum Gasteiger partial charge on any atom is 0.325 e. The molecule has 0 bridgehead atoms. The van der Waals surface area contributed by atoms with Gasteiger partial charge in [0, 0.05) is 17.2 Å². The van der Waals surface area contributed by atoms with Crippen molar-refractivity contribution in [2.45, 2.75) is 39.7 Å². The van der Waals surface area contributed by atoms with Gasteiger partial charge in [-0.05, 0) is 38.0 Å². The van der Waals surface area contributed by atoms with Gasteiger partial charge >= 0.3 is 5.97 Å². The highest BCUT2D eigenvalue weighted by atomic mass is 16.5. The number of nitrogens with zero attached hydrogens (tertiary/aromatic N) is 2. The average Bonchev–Trinajstić information content (AvgIpc) is 3.52. The molecule has 0 saturated heterocycles. The van der Waals surface area contributed by atoms with Crippen molar-refractivity contribution in [3.05, 3.63) is 48.0 Å². The SMILES string of the molecule is CCOC(=O)CNC(=O)c1cc(-c2cccc(-c3ncc(C(=O)NC(CC)CC)o3)c2)n[nH]1. The van der Waals surface area contributed by atoms with Crippen molar-refractivity contribution in [3.63, 3.8) is 0 Å². The van der Waals surface area contributed by atoms with E-state index in [-0.39, 0.29) is 36.6 Å². The topological polar surface area (TPSA) is 139 Å². The molecular weight excluding hydrogens is 426 g/mol. The Hall–Kier alpha value is -3.95. The Morgan fingerprint density at radius 3 is 2.58 bits per heavy atom. The summed E-state index contributed by atoms with van der Waals surface area (Å²) in [5.41, 5.74) is 2.10. The molecular formula is C23H27N5O5. The summed E-state index contributed by atoms with van der Waals surface area (Å²) in [4.78, 5) is 40.2. The molecule has 0 aliphatic rings. The quantitative estimate of drug-likeness (QED) is 0.401. The van der Waals surface area contributed by atoms with Crippen LogP contribution in [-0.4, -0.2) is 52.2 Å². The van der Waals surface area contributed by atoms with E-state index >= 15 is 0 Å². The predicted octanol–water partition coefficient (Wildman–Crippen LogP) is 2.94.